The molecule has 7 heteroatoms. The first-order chi connectivity index (χ1) is 13.0. The van der Waals surface area contributed by atoms with Crippen molar-refractivity contribution in [3.05, 3.63) is 47.8 Å². The molecule has 2 heterocycles. The molecule has 1 atom stereocenters. The minimum absolute atomic E-state index is 0.182. The molecule has 0 aliphatic carbocycles. The smallest absolute Gasteiger partial charge is 0.191 e. The molecule has 2 rings (SSSR count). The lowest BCUT2D eigenvalue weighted by Crippen LogP contribution is -2.40. The molecule has 2 aromatic rings. The van der Waals surface area contributed by atoms with Gasteiger partial charge in [-0.25, -0.2) is 4.99 Å². The van der Waals surface area contributed by atoms with Crippen LogP contribution in [0.1, 0.15) is 37.5 Å². The van der Waals surface area contributed by atoms with Crippen LogP contribution < -0.4 is 10.6 Å². The molecule has 0 saturated carbocycles. The molecule has 0 radical (unpaired) electrons. The quantitative estimate of drug-likeness (QED) is 0.317. The van der Waals surface area contributed by atoms with Crippen molar-refractivity contribution in [2.24, 2.45) is 4.99 Å². The third-order valence-electron chi connectivity index (χ3n) is 4.02. The zero-order valence-electron chi connectivity index (χ0n) is 16.5. The minimum Gasteiger partial charge on any atom is -0.469 e. The summed E-state index contributed by atoms with van der Waals surface area (Å²) in [7, 11) is 0. The normalized spacial score (nSPS) is 14.1. The Morgan fingerprint density at radius 1 is 1.26 bits per heavy atom. The van der Waals surface area contributed by atoms with E-state index >= 15 is 0 Å². The summed E-state index contributed by atoms with van der Waals surface area (Å²) in [6.45, 7) is 8.53. The molecule has 0 saturated heterocycles. The van der Waals surface area contributed by atoms with Crippen molar-refractivity contribution in [2.75, 3.05) is 32.8 Å². The van der Waals surface area contributed by atoms with E-state index in [0.29, 0.717) is 31.5 Å². The van der Waals surface area contributed by atoms with Gasteiger partial charge in [0.2, 0.25) is 0 Å². The lowest BCUT2D eigenvalue weighted by atomic mass is 10.0. The van der Waals surface area contributed by atoms with Crippen LogP contribution in [0.2, 0.25) is 0 Å². The van der Waals surface area contributed by atoms with E-state index in [-0.39, 0.29) is 6.54 Å². The van der Waals surface area contributed by atoms with Crippen molar-refractivity contribution in [1.82, 2.24) is 10.6 Å². The van der Waals surface area contributed by atoms with Gasteiger partial charge in [0.05, 0.1) is 12.8 Å². The number of aryl methyl sites for hydroxylation is 1. The van der Waals surface area contributed by atoms with Crippen LogP contribution >= 0.6 is 0 Å². The molecular formula is C20H31N3O4. The number of aliphatic hydroxyl groups is 1. The fourth-order valence-electron chi connectivity index (χ4n) is 2.49. The molecular weight excluding hydrogens is 346 g/mol. The lowest BCUT2D eigenvalue weighted by molar-refractivity contribution is 0.0428. The maximum absolute atomic E-state index is 10.7. The number of hydrogen-bond donors (Lipinski definition) is 3. The fraction of sp³-hybridized carbons (Fsp3) is 0.550. The van der Waals surface area contributed by atoms with Gasteiger partial charge in [-0.1, -0.05) is 0 Å². The Labute approximate surface area is 160 Å². The highest BCUT2D eigenvalue weighted by molar-refractivity contribution is 5.79. The third-order valence-corrected chi connectivity index (χ3v) is 4.02. The van der Waals surface area contributed by atoms with Gasteiger partial charge in [0.25, 0.3) is 0 Å². The third kappa shape index (κ3) is 7.48. The Bertz CT molecular complexity index is 677. The number of guanidine groups is 1. The first kappa shape index (κ1) is 21.1. The molecule has 0 aliphatic heterocycles. The van der Waals surface area contributed by atoms with Gasteiger partial charge in [0.1, 0.15) is 22.9 Å². The van der Waals surface area contributed by atoms with Gasteiger partial charge < -0.3 is 29.3 Å². The van der Waals surface area contributed by atoms with Crippen LogP contribution in [0, 0.1) is 6.92 Å². The molecule has 0 amide bonds. The molecule has 27 heavy (non-hydrogen) atoms. The SMILES string of the molecule is CCOCCCNC(=NCC(C)(O)c1ccc(C)o1)NCCc1ccco1. The second-order valence-corrected chi connectivity index (χ2v) is 6.58. The van der Waals surface area contributed by atoms with Gasteiger partial charge >= 0.3 is 0 Å². The number of hydrogen-bond acceptors (Lipinski definition) is 5. The molecule has 0 spiro atoms. The summed E-state index contributed by atoms with van der Waals surface area (Å²) in [5.74, 6) is 2.83. The van der Waals surface area contributed by atoms with Crippen molar-refractivity contribution in [3.63, 3.8) is 0 Å². The van der Waals surface area contributed by atoms with E-state index in [1.165, 1.54) is 0 Å². The first-order valence-corrected chi connectivity index (χ1v) is 9.43. The van der Waals surface area contributed by atoms with Crippen molar-refractivity contribution in [2.45, 2.75) is 39.2 Å². The van der Waals surface area contributed by atoms with Gasteiger partial charge in [-0.05, 0) is 51.5 Å². The van der Waals surface area contributed by atoms with Crippen molar-refractivity contribution in [3.8, 4) is 0 Å². The van der Waals surface area contributed by atoms with Crippen LogP contribution in [0.15, 0.2) is 44.4 Å². The Hall–Kier alpha value is -2.25. The number of ether oxygens (including phenoxy) is 1. The summed E-state index contributed by atoms with van der Waals surface area (Å²) in [6, 6.07) is 7.43. The minimum atomic E-state index is -1.17. The summed E-state index contributed by atoms with van der Waals surface area (Å²) in [4.78, 5) is 4.53. The van der Waals surface area contributed by atoms with Crippen molar-refractivity contribution in [1.29, 1.82) is 0 Å². The molecule has 7 nitrogen and oxygen atoms in total. The van der Waals surface area contributed by atoms with E-state index in [4.69, 9.17) is 13.6 Å². The molecule has 0 fully saturated rings. The van der Waals surface area contributed by atoms with Crippen LogP contribution in [0.4, 0.5) is 0 Å². The number of furan rings is 2. The highest BCUT2D eigenvalue weighted by atomic mass is 16.5. The molecule has 0 aromatic carbocycles. The van der Waals surface area contributed by atoms with E-state index < -0.39 is 5.60 Å². The van der Waals surface area contributed by atoms with Gasteiger partial charge in [0.15, 0.2) is 5.96 Å². The Morgan fingerprint density at radius 2 is 2.07 bits per heavy atom. The first-order valence-electron chi connectivity index (χ1n) is 9.43. The summed E-state index contributed by atoms with van der Waals surface area (Å²) >= 11 is 0. The van der Waals surface area contributed by atoms with Crippen molar-refractivity contribution >= 4 is 5.96 Å². The molecule has 2 aromatic heterocycles. The molecule has 3 N–H and O–H groups in total. The standard InChI is InChI=1S/C20H31N3O4/c1-4-25-13-6-11-21-19(22-12-10-17-7-5-14-26-17)23-15-20(3,24)18-9-8-16(2)27-18/h5,7-9,14,24H,4,6,10-13,15H2,1-3H3,(H2,21,22,23). The Kier molecular flexibility index (Phi) is 8.42. The maximum atomic E-state index is 10.7. The fourth-order valence-corrected chi connectivity index (χ4v) is 2.49. The van der Waals surface area contributed by atoms with Crippen LogP contribution in [-0.2, 0) is 16.8 Å². The molecule has 0 bridgehead atoms. The van der Waals surface area contributed by atoms with E-state index in [9.17, 15) is 5.11 Å². The zero-order valence-corrected chi connectivity index (χ0v) is 16.5. The molecule has 0 aliphatic rings. The highest BCUT2D eigenvalue weighted by Crippen LogP contribution is 2.23. The van der Waals surface area contributed by atoms with Gasteiger partial charge in [-0.15, -0.1) is 0 Å². The summed E-state index contributed by atoms with van der Waals surface area (Å²) in [5, 5.41) is 17.2. The predicted octanol–water partition coefficient (Wildman–Crippen LogP) is 2.59. The van der Waals surface area contributed by atoms with Gasteiger partial charge in [-0.3, -0.25) is 0 Å². The molecule has 150 valence electrons. The summed E-state index contributed by atoms with van der Waals surface area (Å²) in [5.41, 5.74) is -1.17. The van der Waals surface area contributed by atoms with E-state index in [1.54, 1.807) is 19.3 Å². The monoisotopic (exact) mass is 377 g/mol. The number of nitrogens with zero attached hydrogens (tertiary/aromatic N) is 1. The maximum Gasteiger partial charge on any atom is 0.191 e. The Morgan fingerprint density at radius 3 is 2.74 bits per heavy atom. The van der Waals surface area contributed by atoms with Gasteiger partial charge in [-0.2, -0.15) is 0 Å². The van der Waals surface area contributed by atoms with Crippen LogP contribution in [-0.4, -0.2) is 43.9 Å². The van der Waals surface area contributed by atoms with Crippen LogP contribution in [0.3, 0.4) is 0 Å². The second-order valence-electron chi connectivity index (χ2n) is 6.58. The topological polar surface area (TPSA) is 92.2 Å². The Balaban J connectivity index is 1.90. The lowest BCUT2D eigenvalue weighted by Gasteiger charge is -2.20. The van der Waals surface area contributed by atoms with Crippen LogP contribution in [0.25, 0.3) is 0 Å². The number of nitrogens with one attached hydrogen (secondary N) is 2. The van der Waals surface area contributed by atoms with Gasteiger partial charge in [0, 0.05) is 32.7 Å². The summed E-state index contributed by atoms with van der Waals surface area (Å²) < 4.78 is 16.2. The highest BCUT2D eigenvalue weighted by Gasteiger charge is 2.26. The van der Waals surface area contributed by atoms with Crippen molar-refractivity contribution < 1.29 is 18.7 Å². The van der Waals surface area contributed by atoms with E-state index in [2.05, 4.69) is 15.6 Å². The number of aliphatic imine (C=N–C) groups is 1. The zero-order chi connectivity index (χ0) is 19.5. The predicted molar refractivity (Wildman–Crippen MR) is 105 cm³/mol. The number of rotatable bonds is 11. The van der Waals surface area contributed by atoms with Crippen LogP contribution in [0.5, 0.6) is 0 Å². The molecule has 1 unspecified atom stereocenters. The average molecular weight is 377 g/mol. The second kappa shape index (κ2) is 10.8. The average Bonchev–Trinajstić information content (AvgIpc) is 3.31. The van der Waals surface area contributed by atoms with E-state index in [0.717, 1.165) is 30.9 Å². The largest absolute Gasteiger partial charge is 0.469 e. The van der Waals surface area contributed by atoms with E-state index in [1.807, 2.05) is 32.0 Å². The summed E-state index contributed by atoms with van der Waals surface area (Å²) in [6.07, 6.45) is 3.29.